The van der Waals surface area contributed by atoms with Gasteiger partial charge in [-0.05, 0) is 36.4 Å². The van der Waals surface area contributed by atoms with Gasteiger partial charge in [0.1, 0.15) is 17.5 Å². The molecule has 0 bridgehead atoms. The minimum atomic E-state index is -4.71. The first-order valence-corrected chi connectivity index (χ1v) is 10.6. The summed E-state index contributed by atoms with van der Waals surface area (Å²) < 4.78 is 103. The quantitative estimate of drug-likeness (QED) is 0.381. The summed E-state index contributed by atoms with van der Waals surface area (Å²) in [5.74, 6) is 0. The molecule has 0 aliphatic heterocycles. The molecule has 0 saturated heterocycles. The van der Waals surface area contributed by atoms with Gasteiger partial charge in [-0.2, -0.15) is 36.7 Å². The largest absolute Gasteiger partial charge is 0.433 e. The highest BCUT2D eigenvalue weighted by Gasteiger charge is 2.35. The highest BCUT2D eigenvalue weighted by atomic mass is 32.2. The van der Waals surface area contributed by atoms with Crippen LogP contribution in [0.5, 0.6) is 0 Å². The average molecular weight is 492 g/mol. The number of nitriles is 1. The molecule has 168 valence electrons. The summed E-state index contributed by atoms with van der Waals surface area (Å²) in [5.41, 5.74) is -2.14. The summed E-state index contributed by atoms with van der Waals surface area (Å²) in [6.07, 6.45) is -8.04. The van der Waals surface area contributed by atoms with Crippen LogP contribution in [0.3, 0.4) is 0 Å². The fourth-order valence-electron chi connectivity index (χ4n) is 2.54. The first kappa shape index (κ1) is 23.5. The Balaban J connectivity index is 1.94. The molecule has 0 amide bonds. The van der Waals surface area contributed by atoms with Crippen LogP contribution in [0.1, 0.15) is 16.1 Å². The van der Waals surface area contributed by atoms with E-state index in [2.05, 4.69) is 10.1 Å². The van der Waals surface area contributed by atoms with Gasteiger partial charge >= 0.3 is 12.4 Å². The van der Waals surface area contributed by atoms with Gasteiger partial charge in [-0.1, -0.05) is 0 Å². The van der Waals surface area contributed by atoms with E-state index in [0.29, 0.717) is 23.0 Å². The second kappa shape index (κ2) is 8.06. The number of aryl methyl sites for hydroxylation is 1. The second-order valence-electron chi connectivity index (χ2n) is 6.24. The molecule has 0 spiro atoms. The van der Waals surface area contributed by atoms with Crippen molar-refractivity contribution in [2.75, 3.05) is 0 Å². The van der Waals surface area contributed by atoms with Crippen molar-refractivity contribution in [1.82, 2.24) is 14.8 Å². The zero-order valence-corrected chi connectivity index (χ0v) is 17.4. The Morgan fingerprint density at radius 2 is 1.81 bits per heavy atom. The molecule has 0 radical (unpaired) electrons. The van der Waals surface area contributed by atoms with Crippen LogP contribution >= 0.6 is 11.3 Å². The van der Waals surface area contributed by atoms with Crippen molar-refractivity contribution in [3.63, 3.8) is 0 Å². The van der Waals surface area contributed by atoms with E-state index in [1.54, 1.807) is 0 Å². The van der Waals surface area contributed by atoms with Crippen LogP contribution in [0.25, 0.3) is 16.6 Å². The number of nitrogens with zero attached hydrogens (tertiary/aromatic N) is 4. The van der Waals surface area contributed by atoms with Crippen LogP contribution < -0.4 is 0 Å². The Hall–Kier alpha value is -3.18. The Kier molecular flexibility index (Phi) is 5.92. The molecule has 0 N–H and O–H groups in total. The third kappa shape index (κ3) is 4.68. The standard InChI is InChI=1S/C18H10F6N4O2S2/c1-28-15(18(22,23)24)7-13(27-28)14-4-3-11(31-14)6-12(8-25)32(29,30)16-5-2-10(9-26-16)17(19,20)21/h2-7,9H,1H3/b12-6+. The van der Waals surface area contributed by atoms with Gasteiger partial charge in [-0.25, -0.2) is 13.4 Å². The van der Waals surface area contributed by atoms with Crippen LogP contribution in [0, 0.1) is 11.3 Å². The first-order valence-electron chi connectivity index (χ1n) is 8.35. The number of thiophene rings is 1. The van der Waals surface area contributed by atoms with Crippen molar-refractivity contribution in [2.45, 2.75) is 17.4 Å². The third-order valence-corrected chi connectivity index (χ3v) is 6.70. The van der Waals surface area contributed by atoms with E-state index in [-0.39, 0.29) is 15.4 Å². The third-order valence-electron chi connectivity index (χ3n) is 4.06. The molecule has 3 aromatic heterocycles. The minimum Gasteiger partial charge on any atom is -0.263 e. The van der Waals surface area contributed by atoms with E-state index in [0.717, 1.165) is 30.5 Å². The minimum absolute atomic E-state index is 0.00440. The van der Waals surface area contributed by atoms with Crippen LogP contribution in [-0.4, -0.2) is 23.2 Å². The lowest BCUT2D eigenvalue weighted by atomic mass is 10.3. The topological polar surface area (TPSA) is 88.6 Å². The average Bonchev–Trinajstić information content (AvgIpc) is 3.31. The summed E-state index contributed by atoms with van der Waals surface area (Å²) in [4.78, 5) is 2.99. The van der Waals surface area contributed by atoms with E-state index in [9.17, 15) is 40.0 Å². The van der Waals surface area contributed by atoms with Crippen molar-refractivity contribution >= 4 is 27.3 Å². The van der Waals surface area contributed by atoms with Gasteiger partial charge in [0.25, 0.3) is 0 Å². The van der Waals surface area contributed by atoms with E-state index in [4.69, 9.17) is 0 Å². The molecule has 0 aliphatic rings. The number of rotatable bonds is 4. The van der Waals surface area contributed by atoms with Crippen LogP contribution in [0.15, 0.2) is 46.5 Å². The van der Waals surface area contributed by atoms with E-state index >= 15 is 0 Å². The Bertz CT molecular complexity index is 1330. The fraction of sp³-hybridized carbons (Fsp3) is 0.167. The lowest BCUT2D eigenvalue weighted by Crippen LogP contribution is -2.11. The molecule has 0 atom stereocenters. The number of hydrogen-bond acceptors (Lipinski definition) is 6. The molecule has 3 aromatic rings. The monoisotopic (exact) mass is 492 g/mol. The molecule has 0 fully saturated rings. The molecule has 3 rings (SSSR count). The summed E-state index contributed by atoms with van der Waals surface area (Å²) in [6, 6.07) is 6.22. The number of sulfone groups is 1. The lowest BCUT2D eigenvalue weighted by Gasteiger charge is -2.07. The molecule has 14 heteroatoms. The van der Waals surface area contributed by atoms with Crippen molar-refractivity contribution in [3.05, 3.63) is 57.6 Å². The molecule has 0 aliphatic carbocycles. The fourth-order valence-corrected chi connectivity index (χ4v) is 4.59. The van der Waals surface area contributed by atoms with Gasteiger partial charge in [-0.15, -0.1) is 11.3 Å². The number of pyridine rings is 1. The highest BCUT2D eigenvalue weighted by molar-refractivity contribution is 7.95. The summed E-state index contributed by atoms with van der Waals surface area (Å²) in [7, 11) is -3.41. The number of hydrogen-bond donors (Lipinski definition) is 0. The predicted octanol–water partition coefficient (Wildman–Crippen LogP) is 4.92. The van der Waals surface area contributed by atoms with Gasteiger partial charge in [0.05, 0.1) is 10.4 Å². The SMILES string of the molecule is Cn1nc(-c2ccc(/C=C(\C#N)S(=O)(=O)c3ccc(C(F)(F)F)cn3)s2)cc1C(F)(F)F. The molecule has 3 heterocycles. The molecule has 0 saturated carbocycles. The normalized spacial score (nSPS) is 13.2. The maximum absolute atomic E-state index is 12.9. The van der Waals surface area contributed by atoms with Crippen LogP contribution in [0.4, 0.5) is 26.3 Å². The Morgan fingerprint density at radius 1 is 1.12 bits per heavy atom. The first-order chi connectivity index (χ1) is 14.7. The zero-order chi connectivity index (χ0) is 23.9. The molecule has 0 unspecified atom stereocenters. The molecule has 32 heavy (non-hydrogen) atoms. The van der Waals surface area contributed by atoms with Crippen LogP contribution in [-0.2, 0) is 29.2 Å². The van der Waals surface area contributed by atoms with Gasteiger partial charge < -0.3 is 0 Å². The highest BCUT2D eigenvalue weighted by Crippen LogP contribution is 2.35. The number of allylic oxidation sites excluding steroid dienone is 1. The van der Waals surface area contributed by atoms with Crippen molar-refractivity contribution < 1.29 is 34.8 Å². The molecule has 6 nitrogen and oxygen atoms in total. The number of halogens is 6. The Morgan fingerprint density at radius 3 is 2.31 bits per heavy atom. The van der Waals surface area contributed by atoms with Crippen molar-refractivity contribution in [1.29, 1.82) is 5.26 Å². The van der Waals surface area contributed by atoms with Crippen molar-refractivity contribution in [2.24, 2.45) is 7.05 Å². The van der Waals surface area contributed by atoms with E-state index in [1.165, 1.54) is 18.2 Å². The van der Waals surface area contributed by atoms with Crippen molar-refractivity contribution in [3.8, 4) is 16.6 Å². The number of aromatic nitrogens is 3. The Labute approximate surface area is 181 Å². The summed E-state index contributed by atoms with van der Waals surface area (Å²) >= 11 is 0.875. The predicted molar refractivity (Wildman–Crippen MR) is 102 cm³/mol. The maximum Gasteiger partial charge on any atom is 0.433 e. The van der Waals surface area contributed by atoms with Gasteiger partial charge in [0.2, 0.25) is 9.84 Å². The second-order valence-corrected chi connectivity index (χ2v) is 9.23. The van der Waals surface area contributed by atoms with E-state index in [1.807, 2.05) is 0 Å². The maximum atomic E-state index is 12.9. The van der Waals surface area contributed by atoms with Gasteiger partial charge in [0, 0.05) is 18.1 Å². The molecular formula is C18H10F6N4O2S2. The van der Waals surface area contributed by atoms with E-state index < -0.39 is 43.4 Å². The summed E-state index contributed by atoms with van der Waals surface area (Å²) in [5, 5.41) is 12.3. The number of alkyl halides is 6. The van der Waals surface area contributed by atoms with Gasteiger partial charge in [0.15, 0.2) is 9.93 Å². The zero-order valence-electron chi connectivity index (χ0n) is 15.7. The molecule has 0 aromatic carbocycles. The van der Waals surface area contributed by atoms with Crippen LogP contribution in [0.2, 0.25) is 0 Å². The summed E-state index contributed by atoms with van der Waals surface area (Å²) in [6.45, 7) is 0. The lowest BCUT2D eigenvalue weighted by molar-refractivity contribution is -0.143. The smallest absolute Gasteiger partial charge is 0.263 e. The molecular weight excluding hydrogens is 482 g/mol. The van der Waals surface area contributed by atoms with Gasteiger partial charge in [-0.3, -0.25) is 4.68 Å².